The molecule has 1 fully saturated rings. The Morgan fingerprint density at radius 1 is 1.30 bits per heavy atom. The largest absolute Gasteiger partial charge is 0.467 e. The number of nitrogens with zero attached hydrogens (tertiary/aromatic N) is 4. The van der Waals surface area contributed by atoms with Crippen LogP contribution in [0.15, 0.2) is 6.07 Å². The summed E-state index contributed by atoms with van der Waals surface area (Å²) in [5.41, 5.74) is 0.173. The van der Waals surface area contributed by atoms with Crippen LogP contribution in [-0.2, 0) is 14.3 Å². The molecular weight excluding hydrogens is 350 g/mol. The molecule has 0 aromatic carbocycles. The molecule has 2 heterocycles. The predicted molar refractivity (Wildman–Crippen MR) is 102 cm³/mol. The number of carbonyl (C=O) groups excluding carboxylic acids is 2. The summed E-state index contributed by atoms with van der Waals surface area (Å²) >= 11 is 0. The highest BCUT2D eigenvalue weighted by Crippen LogP contribution is 2.24. The maximum atomic E-state index is 12.5. The molecule has 1 saturated heterocycles. The van der Waals surface area contributed by atoms with E-state index in [0.717, 1.165) is 11.5 Å². The lowest BCUT2D eigenvalue weighted by molar-refractivity contribution is -0.145. The van der Waals surface area contributed by atoms with Crippen LogP contribution < -0.4 is 10.2 Å². The molecule has 0 spiro atoms. The van der Waals surface area contributed by atoms with Gasteiger partial charge in [-0.15, -0.1) is 0 Å². The van der Waals surface area contributed by atoms with E-state index in [9.17, 15) is 9.59 Å². The van der Waals surface area contributed by atoms with Crippen molar-refractivity contribution in [1.29, 1.82) is 0 Å². The average Bonchev–Trinajstić information content (AvgIpc) is 2.96. The Morgan fingerprint density at radius 3 is 2.52 bits per heavy atom. The Kier molecular flexibility index (Phi) is 6.12. The summed E-state index contributed by atoms with van der Waals surface area (Å²) in [5.74, 6) is 0.763. The second kappa shape index (κ2) is 7.98. The molecule has 0 bridgehead atoms. The summed E-state index contributed by atoms with van der Waals surface area (Å²) in [4.78, 5) is 36.8. The van der Waals surface area contributed by atoms with Gasteiger partial charge < -0.3 is 19.7 Å². The molecule has 1 aliphatic rings. The van der Waals surface area contributed by atoms with Crippen LogP contribution >= 0.6 is 0 Å². The fourth-order valence-electron chi connectivity index (χ4n) is 2.85. The SMILES string of the molecule is COC(=O)[C@@H]1C[C@H](Nc2nc(C)cc(N(C)C)n2)CN1C(=O)OC(C)(C)C. The second-order valence-corrected chi connectivity index (χ2v) is 7.83. The predicted octanol–water partition coefficient (Wildman–Crippen LogP) is 1.81. The first-order chi connectivity index (χ1) is 12.5. The molecule has 1 amide bonds. The standard InChI is InChI=1S/C18H29N5O4/c1-11-8-14(22(5)6)21-16(19-11)20-12-9-13(15(24)26-7)23(10-12)17(25)27-18(2,3)4/h8,12-13H,9-10H2,1-7H3,(H,19,20,21)/t12-,13-/m0/s1. The zero-order chi connectivity index (χ0) is 20.4. The summed E-state index contributed by atoms with van der Waals surface area (Å²) in [6, 6.07) is 0.975. The van der Waals surface area contributed by atoms with Crippen LogP contribution in [0.5, 0.6) is 0 Å². The van der Waals surface area contributed by atoms with Gasteiger partial charge in [-0.05, 0) is 27.7 Å². The van der Waals surface area contributed by atoms with E-state index in [0.29, 0.717) is 18.9 Å². The molecule has 9 heteroatoms. The molecule has 1 N–H and O–H groups in total. The molecule has 0 aliphatic carbocycles. The van der Waals surface area contributed by atoms with E-state index in [4.69, 9.17) is 9.47 Å². The van der Waals surface area contributed by atoms with Gasteiger partial charge in [-0.2, -0.15) is 4.98 Å². The summed E-state index contributed by atoms with van der Waals surface area (Å²) in [6.45, 7) is 7.54. The highest BCUT2D eigenvalue weighted by Gasteiger charge is 2.42. The zero-order valence-corrected chi connectivity index (χ0v) is 17.1. The van der Waals surface area contributed by atoms with Gasteiger partial charge in [0.25, 0.3) is 0 Å². The second-order valence-electron chi connectivity index (χ2n) is 7.83. The molecule has 1 aliphatic heterocycles. The van der Waals surface area contributed by atoms with Gasteiger partial charge in [0.05, 0.1) is 7.11 Å². The number of aromatic nitrogens is 2. The van der Waals surface area contributed by atoms with Crippen molar-refractivity contribution in [3.63, 3.8) is 0 Å². The van der Waals surface area contributed by atoms with Gasteiger partial charge >= 0.3 is 12.1 Å². The maximum Gasteiger partial charge on any atom is 0.411 e. The first-order valence-corrected chi connectivity index (χ1v) is 8.87. The van der Waals surface area contributed by atoms with Crippen LogP contribution in [0.25, 0.3) is 0 Å². The number of esters is 1. The topological polar surface area (TPSA) is 96.9 Å². The number of nitrogens with one attached hydrogen (secondary N) is 1. The monoisotopic (exact) mass is 379 g/mol. The highest BCUT2D eigenvalue weighted by atomic mass is 16.6. The highest BCUT2D eigenvalue weighted by molar-refractivity contribution is 5.82. The Labute approximate surface area is 160 Å². The third-order valence-corrected chi connectivity index (χ3v) is 4.03. The van der Waals surface area contributed by atoms with Gasteiger partial charge in [-0.1, -0.05) is 0 Å². The van der Waals surface area contributed by atoms with Crippen molar-refractivity contribution >= 4 is 23.8 Å². The van der Waals surface area contributed by atoms with E-state index >= 15 is 0 Å². The van der Waals surface area contributed by atoms with Gasteiger partial charge in [0.1, 0.15) is 17.5 Å². The van der Waals surface area contributed by atoms with Gasteiger partial charge in [0, 0.05) is 44.9 Å². The molecule has 1 aromatic rings. The smallest absolute Gasteiger partial charge is 0.411 e. The van der Waals surface area contributed by atoms with Crippen LogP contribution in [0.1, 0.15) is 32.9 Å². The number of amides is 1. The lowest BCUT2D eigenvalue weighted by Crippen LogP contribution is -2.44. The lowest BCUT2D eigenvalue weighted by atomic mass is 10.2. The fourth-order valence-corrected chi connectivity index (χ4v) is 2.85. The first-order valence-electron chi connectivity index (χ1n) is 8.87. The number of rotatable bonds is 4. The lowest BCUT2D eigenvalue weighted by Gasteiger charge is -2.27. The average molecular weight is 379 g/mol. The fraction of sp³-hybridized carbons (Fsp3) is 0.667. The van der Waals surface area contributed by atoms with E-state index < -0.39 is 23.7 Å². The van der Waals surface area contributed by atoms with Crippen molar-refractivity contribution in [3.8, 4) is 0 Å². The van der Waals surface area contributed by atoms with E-state index in [1.165, 1.54) is 12.0 Å². The molecule has 9 nitrogen and oxygen atoms in total. The molecule has 0 unspecified atom stereocenters. The van der Waals surface area contributed by atoms with Crippen molar-refractivity contribution in [1.82, 2.24) is 14.9 Å². The number of likely N-dealkylation sites (tertiary alicyclic amines) is 1. The molecule has 150 valence electrons. The van der Waals surface area contributed by atoms with Gasteiger partial charge in [0.15, 0.2) is 0 Å². The van der Waals surface area contributed by atoms with Gasteiger partial charge in [-0.3, -0.25) is 4.90 Å². The van der Waals surface area contributed by atoms with E-state index in [1.807, 2.05) is 32.0 Å². The number of carbonyl (C=O) groups is 2. The number of methoxy groups -OCH3 is 1. The molecular formula is C18H29N5O4. The molecule has 0 radical (unpaired) electrons. The number of aryl methyl sites for hydroxylation is 1. The Bertz CT molecular complexity index is 701. The van der Waals surface area contributed by atoms with Crippen molar-refractivity contribution < 1.29 is 19.1 Å². The number of ether oxygens (including phenoxy) is 2. The molecule has 2 rings (SSSR count). The zero-order valence-electron chi connectivity index (χ0n) is 17.1. The van der Waals surface area contributed by atoms with Crippen LogP contribution in [-0.4, -0.2) is 72.4 Å². The van der Waals surface area contributed by atoms with Crippen molar-refractivity contribution in [2.45, 2.75) is 51.8 Å². The first kappa shape index (κ1) is 20.7. The van der Waals surface area contributed by atoms with Crippen molar-refractivity contribution in [2.24, 2.45) is 0 Å². The minimum absolute atomic E-state index is 0.196. The molecule has 1 aromatic heterocycles. The van der Waals surface area contributed by atoms with Crippen LogP contribution in [0, 0.1) is 6.92 Å². The third-order valence-electron chi connectivity index (χ3n) is 4.03. The number of anilines is 2. The quantitative estimate of drug-likeness (QED) is 0.791. The molecule has 27 heavy (non-hydrogen) atoms. The van der Waals surface area contributed by atoms with E-state index in [1.54, 1.807) is 20.8 Å². The number of hydrogen-bond donors (Lipinski definition) is 1. The van der Waals surface area contributed by atoms with Gasteiger partial charge in [0.2, 0.25) is 5.95 Å². The summed E-state index contributed by atoms with van der Waals surface area (Å²) < 4.78 is 10.3. The van der Waals surface area contributed by atoms with E-state index in [2.05, 4.69) is 15.3 Å². The Balaban J connectivity index is 2.17. The minimum Gasteiger partial charge on any atom is -0.467 e. The van der Waals surface area contributed by atoms with E-state index in [-0.39, 0.29) is 6.04 Å². The van der Waals surface area contributed by atoms with Gasteiger partial charge in [-0.25, -0.2) is 14.6 Å². The van der Waals surface area contributed by atoms with Crippen LogP contribution in [0.2, 0.25) is 0 Å². The Morgan fingerprint density at radius 2 is 1.96 bits per heavy atom. The normalized spacial score (nSPS) is 19.6. The number of hydrogen-bond acceptors (Lipinski definition) is 8. The van der Waals surface area contributed by atoms with Crippen molar-refractivity contribution in [2.75, 3.05) is 38.0 Å². The van der Waals surface area contributed by atoms with Crippen LogP contribution in [0.4, 0.5) is 16.6 Å². The minimum atomic E-state index is -0.708. The Hall–Kier alpha value is -2.58. The molecule has 2 atom stereocenters. The molecule has 0 saturated carbocycles. The maximum absolute atomic E-state index is 12.5. The van der Waals surface area contributed by atoms with Crippen LogP contribution in [0.3, 0.4) is 0 Å². The summed E-state index contributed by atoms with van der Waals surface area (Å²) in [5, 5.41) is 3.23. The van der Waals surface area contributed by atoms with Crippen molar-refractivity contribution in [3.05, 3.63) is 11.8 Å². The third kappa shape index (κ3) is 5.45. The summed E-state index contributed by atoms with van der Waals surface area (Å²) in [7, 11) is 5.11. The summed E-state index contributed by atoms with van der Waals surface area (Å²) in [6.07, 6.45) is -0.151.